The first-order valence-corrected chi connectivity index (χ1v) is 10.9. The van der Waals surface area contributed by atoms with Gasteiger partial charge in [-0.1, -0.05) is 26.2 Å². The van der Waals surface area contributed by atoms with E-state index in [1.807, 2.05) is 0 Å². The Morgan fingerprint density at radius 3 is 2.14 bits per heavy atom. The molecule has 28 heavy (non-hydrogen) atoms. The summed E-state index contributed by atoms with van der Waals surface area (Å²) in [5.74, 6) is -0.813. The average Bonchev–Trinajstić information content (AvgIpc) is 2.62. The molecule has 0 fully saturated rings. The fourth-order valence-electron chi connectivity index (χ4n) is 3.04. The van der Waals surface area contributed by atoms with Gasteiger partial charge < -0.3 is 14.2 Å². The molecule has 6 nitrogen and oxygen atoms in total. The van der Waals surface area contributed by atoms with Crippen LogP contribution in [0, 0.1) is 5.92 Å². The Hall–Kier alpha value is -1.14. The molecule has 0 saturated heterocycles. The van der Waals surface area contributed by atoms with Crippen LogP contribution in [0.4, 0.5) is 0 Å². The molecule has 0 N–H and O–H groups in total. The fraction of sp³-hybridized carbons (Fsp3) is 0.857. The zero-order valence-corrected chi connectivity index (χ0v) is 18.4. The van der Waals surface area contributed by atoms with E-state index in [2.05, 4.69) is 6.92 Å². The highest BCUT2D eigenvalue weighted by atomic mass is 35.5. The van der Waals surface area contributed by atoms with Gasteiger partial charge in [0, 0.05) is 19.4 Å². The van der Waals surface area contributed by atoms with Gasteiger partial charge in [-0.05, 0) is 63.5 Å². The molecule has 2 unspecified atom stereocenters. The zero-order valence-electron chi connectivity index (χ0n) is 17.7. The maximum atomic E-state index is 11.7. The van der Waals surface area contributed by atoms with E-state index >= 15 is 0 Å². The summed E-state index contributed by atoms with van der Waals surface area (Å²) in [7, 11) is 0. The minimum absolute atomic E-state index is 0.0404. The Balaban J connectivity index is 4.06. The van der Waals surface area contributed by atoms with Gasteiger partial charge in [0.1, 0.15) is 12.7 Å². The maximum absolute atomic E-state index is 11.7. The van der Waals surface area contributed by atoms with Crippen molar-refractivity contribution in [3.8, 4) is 0 Å². The van der Waals surface area contributed by atoms with Crippen LogP contribution in [0.2, 0.25) is 0 Å². The van der Waals surface area contributed by atoms with E-state index in [0.29, 0.717) is 26.1 Å². The maximum Gasteiger partial charge on any atom is 0.332 e. The number of carbonyl (C=O) groups excluding carboxylic acids is 3. The summed E-state index contributed by atoms with van der Waals surface area (Å²) in [6, 6.07) is 0. The first kappa shape index (κ1) is 26.9. The molecule has 0 amide bonds. The van der Waals surface area contributed by atoms with E-state index in [4.69, 9.17) is 25.8 Å². The highest BCUT2D eigenvalue weighted by Gasteiger charge is 2.18. The molecule has 7 heteroatoms. The molecular weight excluding hydrogens is 384 g/mol. The summed E-state index contributed by atoms with van der Waals surface area (Å²) in [4.78, 5) is 34.1. The molecule has 0 aromatic rings. The van der Waals surface area contributed by atoms with Crippen LogP contribution in [0.25, 0.3) is 0 Å². The van der Waals surface area contributed by atoms with Gasteiger partial charge in [0.05, 0.1) is 6.61 Å². The van der Waals surface area contributed by atoms with E-state index in [0.717, 1.165) is 51.4 Å². The van der Waals surface area contributed by atoms with Crippen molar-refractivity contribution in [2.45, 2.75) is 91.1 Å². The highest BCUT2D eigenvalue weighted by Crippen LogP contribution is 2.22. The zero-order chi connectivity index (χ0) is 21.2. The molecule has 0 aliphatic rings. The monoisotopic (exact) mass is 420 g/mol. The summed E-state index contributed by atoms with van der Waals surface area (Å²) >= 11 is 5.75. The Kier molecular flexibility index (Phi) is 17.2. The summed E-state index contributed by atoms with van der Waals surface area (Å²) in [6.07, 6.45) is 8.57. The quantitative estimate of drug-likeness (QED) is 0.180. The molecule has 164 valence electrons. The number of halogens is 1. The van der Waals surface area contributed by atoms with E-state index < -0.39 is 0 Å². The smallest absolute Gasteiger partial charge is 0.332 e. The van der Waals surface area contributed by atoms with E-state index in [-0.39, 0.29) is 35.8 Å². The van der Waals surface area contributed by atoms with Crippen molar-refractivity contribution in [1.29, 1.82) is 0 Å². The Morgan fingerprint density at radius 2 is 1.54 bits per heavy atom. The van der Waals surface area contributed by atoms with Gasteiger partial charge in [-0.2, -0.15) is 0 Å². The van der Waals surface area contributed by atoms with Gasteiger partial charge in [-0.25, -0.2) is 4.79 Å². The van der Waals surface area contributed by atoms with Crippen LogP contribution in [0.15, 0.2) is 0 Å². The Labute approximate surface area is 174 Å². The molecule has 0 radical (unpaired) electrons. The molecule has 0 bridgehead atoms. The largest absolute Gasteiger partial charge is 0.464 e. The Bertz CT molecular complexity index is 441. The van der Waals surface area contributed by atoms with Crippen molar-refractivity contribution < 1.29 is 28.6 Å². The van der Waals surface area contributed by atoms with Crippen LogP contribution in [-0.4, -0.2) is 43.1 Å². The lowest BCUT2D eigenvalue weighted by molar-refractivity contribution is -0.148. The lowest BCUT2D eigenvalue weighted by Gasteiger charge is -2.18. The van der Waals surface area contributed by atoms with Gasteiger partial charge >= 0.3 is 11.9 Å². The van der Waals surface area contributed by atoms with E-state index in [1.165, 1.54) is 6.92 Å². The van der Waals surface area contributed by atoms with Gasteiger partial charge in [-0.15, -0.1) is 0 Å². The molecule has 0 heterocycles. The summed E-state index contributed by atoms with van der Waals surface area (Å²) in [5, 5.41) is -0.317. The van der Waals surface area contributed by atoms with E-state index in [9.17, 15) is 14.4 Å². The predicted molar refractivity (Wildman–Crippen MR) is 109 cm³/mol. The second-order valence-electron chi connectivity index (χ2n) is 7.01. The van der Waals surface area contributed by atoms with Crippen LogP contribution in [-0.2, 0) is 28.6 Å². The van der Waals surface area contributed by atoms with Crippen molar-refractivity contribution in [1.82, 2.24) is 0 Å². The van der Waals surface area contributed by atoms with Gasteiger partial charge in [-0.3, -0.25) is 9.59 Å². The minimum Gasteiger partial charge on any atom is -0.464 e. The molecule has 0 saturated carbocycles. The third-order valence-corrected chi connectivity index (χ3v) is 4.79. The summed E-state index contributed by atoms with van der Waals surface area (Å²) in [6.45, 7) is 6.08. The Morgan fingerprint density at radius 1 is 0.893 bits per heavy atom. The molecule has 0 aromatic heterocycles. The molecule has 0 aliphatic heterocycles. The lowest BCUT2D eigenvalue weighted by atomic mass is 9.95. The third kappa shape index (κ3) is 15.9. The van der Waals surface area contributed by atoms with Crippen LogP contribution in [0.3, 0.4) is 0 Å². The van der Waals surface area contributed by atoms with Crippen LogP contribution in [0.5, 0.6) is 0 Å². The summed E-state index contributed by atoms with van der Waals surface area (Å²) in [5.41, 5.74) is 0. The minimum atomic E-state index is -0.363. The lowest BCUT2D eigenvalue weighted by Crippen LogP contribution is -2.17. The topological polar surface area (TPSA) is 78.9 Å². The highest BCUT2D eigenvalue weighted by molar-refractivity contribution is 6.63. The first-order valence-electron chi connectivity index (χ1n) is 10.5. The normalized spacial score (nSPS) is 13.0. The number of ether oxygens (including phenoxy) is 3. The molecule has 0 aliphatic carbocycles. The number of carbonyl (C=O) groups is 3. The van der Waals surface area contributed by atoms with Crippen molar-refractivity contribution in [3.63, 3.8) is 0 Å². The van der Waals surface area contributed by atoms with Crippen LogP contribution >= 0.6 is 11.6 Å². The predicted octanol–water partition coefficient (Wildman–Crippen LogP) is 4.80. The molecule has 0 aromatic carbocycles. The number of rotatable bonds is 18. The van der Waals surface area contributed by atoms with Crippen LogP contribution < -0.4 is 0 Å². The van der Waals surface area contributed by atoms with Gasteiger partial charge in [0.25, 0.3) is 0 Å². The van der Waals surface area contributed by atoms with E-state index in [1.54, 1.807) is 6.92 Å². The summed E-state index contributed by atoms with van der Waals surface area (Å²) < 4.78 is 15.4. The third-order valence-electron chi connectivity index (χ3n) is 4.48. The number of hydrogen-bond acceptors (Lipinski definition) is 6. The van der Waals surface area contributed by atoms with Crippen LogP contribution in [0.1, 0.15) is 85.0 Å². The second-order valence-corrected chi connectivity index (χ2v) is 7.39. The van der Waals surface area contributed by atoms with Crippen molar-refractivity contribution in [2.24, 2.45) is 5.92 Å². The van der Waals surface area contributed by atoms with Crippen molar-refractivity contribution >= 4 is 28.8 Å². The van der Waals surface area contributed by atoms with Gasteiger partial charge in [0.2, 0.25) is 5.24 Å². The first-order chi connectivity index (χ1) is 13.4. The number of esters is 2. The standard InChI is InChI=1S/C21H37ClO6/c1-4-6-7-13-19(28-17(3)23)14-10-12-18(21(22)25)11-8-9-15-26-16-20(24)27-5-2/h18-19H,4-16H2,1-3H3. The number of hydrogen-bond donors (Lipinski definition) is 0. The average molecular weight is 421 g/mol. The molecule has 2 atom stereocenters. The fourth-order valence-corrected chi connectivity index (χ4v) is 3.25. The molecule has 0 spiro atoms. The number of unbranched alkanes of at least 4 members (excludes halogenated alkanes) is 3. The van der Waals surface area contributed by atoms with Gasteiger partial charge in [0.15, 0.2) is 0 Å². The van der Waals surface area contributed by atoms with Crippen molar-refractivity contribution in [2.75, 3.05) is 19.8 Å². The molecular formula is C21H37ClO6. The van der Waals surface area contributed by atoms with Crippen molar-refractivity contribution in [3.05, 3.63) is 0 Å². The molecule has 0 rings (SSSR count). The second kappa shape index (κ2) is 17.9. The SMILES string of the molecule is CCCCCC(CCCC(CCCCOCC(=O)OCC)C(=O)Cl)OC(C)=O.